The summed E-state index contributed by atoms with van der Waals surface area (Å²) in [5.41, 5.74) is 8.57. The van der Waals surface area contributed by atoms with Crippen molar-refractivity contribution < 1.29 is 0 Å². The maximum absolute atomic E-state index is 8.99. The van der Waals surface area contributed by atoms with Gasteiger partial charge in [-0.05, 0) is 43.4 Å². The van der Waals surface area contributed by atoms with E-state index in [1.807, 2.05) is 12.1 Å². The van der Waals surface area contributed by atoms with Gasteiger partial charge in [0.1, 0.15) is 0 Å². The molecule has 0 aliphatic heterocycles. The molecule has 0 saturated heterocycles. The van der Waals surface area contributed by atoms with Crippen LogP contribution in [0.3, 0.4) is 0 Å². The third-order valence-corrected chi connectivity index (χ3v) is 3.88. The maximum Gasteiger partial charge on any atom is 0.201 e. The van der Waals surface area contributed by atoms with Crippen LogP contribution in [0.1, 0.15) is 37.8 Å². The van der Waals surface area contributed by atoms with Crippen molar-refractivity contribution in [3.05, 3.63) is 23.8 Å². The molecule has 1 aromatic carbocycles. The van der Waals surface area contributed by atoms with Gasteiger partial charge in [0.15, 0.2) is 0 Å². The lowest BCUT2D eigenvalue weighted by Gasteiger charge is -2.14. The summed E-state index contributed by atoms with van der Waals surface area (Å²) in [4.78, 5) is 4.39. The van der Waals surface area contributed by atoms with Crippen molar-refractivity contribution in [2.45, 2.75) is 32.2 Å². The highest BCUT2D eigenvalue weighted by Gasteiger charge is 2.25. The van der Waals surface area contributed by atoms with E-state index in [0.717, 1.165) is 29.8 Å². The first-order valence-corrected chi connectivity index (χ1v) is 6.36. The summed E-state index contributed by atoms with van der Waals surface area (Å²) in [5, 5.41) is 8.99. The summed E-state index contributed by atoms with van der Waals surface area (Å²) in [6, 6.07) is 8.16. The smallest absolute Gasteiger partial charge is 0.201 e. The normalized spacial score (nSPS) is 23.3. The highest BCUT2D eigenvalue weighted by molar-refractivity contribution is 5.80. The van der Waals surface area contributed by atoms with Crippen molar-refractivity contribution in [2.24, 2.45) is 5.92 Å². The zero-order valence-electron chi connectivity index (χ0n) is 10.4. The number of nitrogens with two attached hydrogens (primary N) is 1. The van der Waals surface area contributed by atoms with Gasteiger partial charge in [-0.25, -0.2) is 4.98 Å². The molecule has 1 aliphatic rings. The van der Waals surface area contributed by atoms with Gasteiger partial charge in [-0.15, -0.1) is 0 Å². The number of nitrogen functional groups attached to an aromatic ring is 1. The SMILES string of the molecule is CC1CCC(n2c(N)nc3ccc(C#N)cc32)C1. The molecule has 0 radical (unpaired) electrons. The molecule has 2 atom stereocenters. The Kier molecular flexibility index (Phi) is 2.48. The Morgan fingerprint density at radius 2 is 2.28 bits per heavy atom. The van der Waals surface area contributed by atoms with Gasteiger partial charge in [-0.1, -0.05) is 6.92 Å². The summed E-state index contributed by atoms with van der Waals surface area (Å²) in [6.07, 6.45) is 3.53. The lowest BCUT2D eigenvalue weighted by molar-refractivity contribution is 0.510. The summed E-state index contributed by atoms with van der Waals surface area (Å²) >= 11 is 0. The van der Waals surface area contributed by atoms with E-state index in [9.17, 15) is 0 Å². The minimum atomic E-state index is 0.430. The minimum absolute atomic E-state index is 0.430. The first kappa shape index (κ1) is 11.1. The fourth-order valence-electron chi connectivity index (χ4n) is 2.98. The van der Waals surface area contributed by atoms with Crippen LogP contribution >= 0.6 is 0 Å². The molecule has 0 bridgehead atoms. The number of hydrogen-bond donors (Lipinski definition) is 1. The number of imidazole rings is 1. The number of nitrogens with zero attached hydrogens (tertiary/aromatic N) is 3. The Balaban J connectivity index is 2.15. The molecule has 92 valence electrons. The van der Waals surface area contributed by atoms with Crippen LogP contribution in [-0.4, -0.2) is 9.55 Å². The van der Waals surface area contributed by atoms with Gasteiger partial charge < -0.3 is 10.3 Å². The second-order valence-corrected chi connectivity index (χ2v) is 5.23. The molecule has 1 heterocycles. The van der Waals surface area contributed by atoms with E-state index in [-0.39, 0.29) is 0 Å². The van der Waals surface area contributed by atoms with Crippen LogP contribution in [0.25, 0.3) is 11.0 Å². The Morgan fingerprint density at radius 3 is 2.94 bits per heavy atom. The van der Waals surface area contributed by atoms with Gasteiger partial charge in [0.25, 0.3) is 0 Å². The van der Waals surface area contributed by atoms with Crippen LogP contribution in [0.2, 0.25) is 0 Å². The molecule has 0 amide bonds. The van der Waals surface area contributed by atoms with E-state index in [1.165, 1.54) is 6.42 Å². The lowest BCUT2D eigenvalue weighted by atomic mass is 10.1. The number of aromatic nitrogens is 2. The van der Waals surface area contributed by atoms with Crippen LogP contribution in [0.5, 0.6) is 0 Å². The predicted octanol–water partition coefficient (Wildman–Crippen LogP) is 2.85. The van der Waals surface area contributed by atoms with Gasteiger partial charge in [0.05, 0.1) is 22.7 Å². The molecule has 1 fully saturated rings. The van der Waals surface area contributed by atoms with Gasteiger partial charge >= 0.3 is 0 Å². The van der Waals surface area contributed by atoms with Crippen LogP contribution in [0, 0.1) is 17.2 Å². The second kappa shape index (κ2) is 4.02. The quantitative estimate of drug-likeness (QED) is 0.833. The molecule has 2 unspecified atom stereocenters. The standard InChI is InChI=1S/C14H16N4/c1-9-2-4-11(6-9)18-13-7-10(8-15)3-5-12(13)17-14(18)16/h3,5,7,9,11H,2,4,6H2,1H3,(H2,16,17). The molecule has 1 aliphatic carbocycles. The van der Waals surface area contributed by atoms with Crippen LogP contribution in [-0.2, 0) is 0 Å². The molecule has 1 saturated carbocycles. The molecule has 4 nitrogen and oxygen atoms in total. The summed E-state index contributed by atoms with van der Waals surface area (Å²) in [7, 11) is 0. The van der Waals surface area contributed by atoms with Gasteiger partial charge in [0, 0.05) is 6.04 Å². The first-order valence-electron chi connectivity index (χ1n) is 6.36. The molecule has 4 heteroatoms. The molecule has 2 N–H and O–H groups in total. The fraction of sp³-hybridized carbons (Fsp3) is 0.429. The van der Waals surface area contributed by atoms with E-state index in [2.05, 4.69) is 22.5 Å². The van der Waals surface area contributed by atoms with Gasteiger partial charge in [0.2, 0.25) is 5.95 Å². The Bertz CT molecular complexity index is 635. The highest BCUT2D eigenvalue weighted by atomic mass is 15.2. The molecule has 3 rings (SSSR count). The zero-order valence-corrected chi connectivity index (χ0v) is 10.4. The summed E-state index contributed by atoms with van der Waals surface area (Å²) in [6.45, 7) is 2.27. The Morgan fingerprint density at radius 1 is 1.44 bits per heavy atom. The number of nitriles is 1. The summed E-state index contributed by atoms with van der Waals surface area (Å²) in [5.74, 6) is 1.31. The zero-order chi connectivity index (χ0) is 12.7. The average Bonchev–Trinajstić information content (AvgIpc) is 2.90. The van der Waals surface area contributed by atoms with Gasteiger partial charge in [-0.3, -0.25) is 0 Å². The monoisotopic (exact) mass is 240 g/mol. The number of anilines is 1. The van der Waals surface area contributed by atoms with Crippen molar-refractivity contribution in [3.63, 3.8) is 0 Å². The Hall–Kier alpha value is -2.02. The van der Waals surface area contributed by atoms with Crippen molar-refractivity contribution in [1.29, 1.82) is 5.26 Å². The first-order chi connectivity index (χ1) is 8.69. The number of hydrogen-bond acceptors (Lipinski definition) is 3. The van der Waals surface area contributed by atoms with E-state index in [1.54, 1.807) is 6.07 Å². The molecular weight excluding hydrogens is 224 g/mol. The largest absolute Gasteiger partial charge is 0.369 e. The van der Waals surface area contributed by atoms with E-state index >= 15 is 0 Å². The highest BCUT2D eigenvalue weighted by Crippen LogP contribution is 2.37. The van der Waals surface area contributed by atoms with Crippen LogP contribution in [0.4, 0.5) is 5.95 Å². The van der Waals surface area contributed by atoms with Crippen molar-refractivity contribution >= 4 is 17.0 Å². The predicted molar refractivity (Wildman–Crippen MR) is 70.9 cm³/mol. The van der Waals surface area contributed by atoms with Crippen molar-refractivity contribution in [3.8, 4) is 6.07 Å². The molecule has 1 aromatic heterocycles. The molecule has 0 spiro atoms. The van der Waals surface area contributed by atoms with Crippen LogP contribution in [0.15, 0.2) is 18.2 Å². The van der Waals surface area contributed by atoms with E-state index in [4.69, 9.17) is 11.0 Å². The minimum Gasteiger partial charge on any atom is -0.369 e. The van der Waals surface area contributed by atoms with E-state index < -0.39 is 0 Å². The van der Waals surface area contributed by atoms with Crippen molar-refractivity contribution in [2.75, 3.05) is 5.73 Å². The number of fused-ring (bicyclic) bond motifs is 1. The fourth-order valence-corrected chi connectivity index (χ4v) is 2.98. The topological polar surface area (TPSA) is 67.6 Å². The maximum atomic E-state index is 8.99. The average molecular weight is 240 g/mol. The third-order valence-electron chi connectivity index (χ3n) is 3.88. The van der Waals surface area contributed by atoms with E-state index in [0.29, 0.717) is 17.6 Å². The summed E-state index contributed by atoms with van der Waals surface area (Å²) < 4.78 is 2.11. The van der Waals surface area contributed by atoms with Crippen LogP contribution < -0.4 is 5.73 Å². The van der Waals surface area contributed by atoms with Crippen molar-refractivity contribution in [1.82, 2.24) is 9.55 Å². The Labute approximate surface area is 106 Å². The number of benzene rings is 1. The molecule has 2 aromatic rings. The second-order valence-electron chi connectivity index (χ2n) is 5.23. The number of rotatable bonds is 1. The molecular formula is C14H16N4. The molecule has 18 heavy (non-hydrogen) atoms. The van der Waals surface area contributed by atoms with Gasteiger partial charge in [-0.2, -0.15) is 5.26 Å². The third kappa shape index (κ3) is 1.63. The lowest BCUT2D eigenvalue weighted by Crippen LogP contribution is -2.09.